The molecular weight excluding hydrogens is 229 g/mol. The van der Waals surface area contributed by atoms with E-state index in [4.69, 9.17) is 0 Å². The molecule has 0 bridgehead atoms. The van der Waals surface area contributed by atoms with E-state index in [1.54, 1.807) is 13.0 Å². The van der Waals surface area contributed by atoms with Gasteiger partial charge in [0.05, 0.1) is 5.60 Å². The highest BCUT2D eigenvalue weighted by atomic mass is 19.1. The molecule has 0 aromatic heterocycles. The van der Waals surface area contributed by atoms with Crippen LogP contribution in [0.15, 0.2) is 18.2 Å². The van der Waals surface area contributed by atoms with E-state index >= 15 is 0 Å². The summed E-state index contributed by atoms with van der Waals surface area (Å²) in [7, 11) is 0. The number of nitrogens with one attached hydrogen (secondary N) is 1. The van der Waals surface area contributed by atoms with Crippen LogP contribution >= 0.6 is 0 Å². The molecule has 0 radical (unpaired) electrons. The number of aliphatic hydroxyl groups is 1. The largest absolute Gasteiger partial charge is 0.388 e. The highest BCUT2D eigenvalue weighted by Gasteiger charge is 2.27. The number of rotatable bonds is 3. The number of benzene rings is 1. The van der Waals surface area contributed by atoms with Gasteiger partial charge in [0.15, 0.2) is 0 Å². The van der Waals surface area contributed by atoms with Gasteiger partial charge in [-0.2, -0.15) is 0 Å². The zero-order valence-electron chi connectivity index (χ0n) is 11.0. The van der Waals surface area contributed by atoms with Gasteiger partial charge in [0.25, 0.3) is 0 Å². The number of hydrogen-bond donors (Lipinski definition) is 2. The van der Waals surface area contributed by atoms with E-state index in [0.717, 1.165) is 31.4 Å². The first-order chi connectivity index (χ1) is 8.61. The van der Waals surface area contributed by atoms with Crippen LogP contribution < -0.4 is 5.32 Å². The van der Waals surface area contributed by atoms with Gasteiger partial charge in [-0.1, -0.05) is 31.7 Å². The van der Waals surface area contributed by atoms with Crippen molar-refractivity contribution in [2.24, 2.45) is 0 Å². The van der Waals surface area contributed by atoms with Gasteiger partial charge in [0, 0.05) is 17.8 Å². The Labute approximate surface area is 108 Å². The molecule has 0 spiro atoms. The topological polar surface area (TPSA) is 32.3 Å². The Hall–Kier alpha value is -1.09. The fraction of sp³-hybridized carbons (Fsp3) is 0.600. The monoisotopic (exact) mass is 251 g/mol. The van der Waals surface area contributed by atoms with E-state index in [0.29, 0.717) is 12.1 Å². The smallest absolute Gasteiger partial charge is 0.128 e. The molecule has 100 valence electrons. The molecule has 0 aliphatic heterocycles. The van der Waals surface area contributed by atoms with Gasteiger partial charge in [-0.25, -0.2) is 4.39 Å². The molecule has 1 aromatic carbocycles. The van der Waals surface area contributed by atoms with Crippen molar-refractivity contribution in [2.75, 3.05) is 11.9 Å². The van der Waals surface area contributed by atoms with Crippen molar-refractivity contribution in [1.82, 2.24) is 0 Å². The molecule has 0 atom stereocenters. The lowest BCUT2D eigenvalue weighted by Gasteiger charge is -2.27. The molecule has 2 N–H and O–H groups in total. The first-order valence-electron chi connectivity index (χ1n) is 6.82. The third-order valence-corrected chi connectivity index (χ3v) is 3.91. The second-order valence-corrected chi connectivity index (χ2v) is 5.40. The lowest BCUT2D eigenvalue weighted by Crippen LogP contribution is -2.36. The third kappa shape index (κ3) is 3.22. The van der Waals surface area contributed by atoms with E-state index in [2.05, 4.69) is 5.32 Å². The summed E-state index contributed by atoms with van der Waals surface area (Å²) in [5, 5.41) is 13.7. The molecule has 0 heterocycles. The normalized spacial score (nSPS) is 19.3. The molecule has 0 saturated heterocycles. The fourth-order valence-corrected chi connectivity index (χ4v) is 2.62. The molecular formula is C15H22FNO. The summed E-state index contributed by atoms with van der Waals surface area (Å²) in [6.45, 7) is 2.27. The molecule has 1 aliphatic carbocycles. The van der Waals surface area contributed by atoms with Crippen molar-refractivity contribution in [3.8, 4) is 0 Å². The molecule has 3 heteroatoms. The second-order valence-electron chi connectivity index (χ2n) is 5.40. The molecule has 2 rings (SSSR count). The molecule has 0 amide bonds. The van der Waals surface area contributed by atoms with Crippen molar-refractivity contribution >= 4 is 5.69 Å². The lowest BCUT2D eigenvalue weighted by atomic mass is 9.94. The standard InChI is InChI=1S/C15H22FNO/c1-12-13(16)7-6-8-14(12)17-11-15(18)9-4-2-3-5-10-15/h6-8,17-18H,2-5,9-11H2,1H3. The number of anilines is 1. The van der Waals surface area contributed by atoms with Crippen molar-refractivity contribution in [3.05, 3.63) is 29.6 Å². The van der Waals surface area contributed by atoms with E-state index in [1.807, 2.05) is 6.07 Å². The second kappa shape index (κ2) is 5.70. The molecule has 0 unspecified atom stereocenters. The zero-order valence-corrected chi connectivity index (χ0v) is 11.0. The van der Waals surface area contributed by atoms with Crippen LogP contribution in [0.3, 0.4) is 0 Å². The fourth-order valence-electron chi connectivity index (χ4n) is 2.62. The van der Waals surface area contributed by atoms with Crippen LogP contribution in [0.2, 0.25) is 0 Å². The van der Waals surface area contributed by atoms with Crippen LogP contribution in [-0.4, -0.2) is 17.3 Å². The summed E-state index contributed by atoms with van der Waals surface area (Å²) in [4.78, 5) is 0. The van der Waals surface area contributed by atoms with Crippen molar-refractivity contribution in [3.63, 3.8) is 0 Å². The van der Waals surface area contributed by atoms with Crippen LogP contribution in [0, 0.1) is 12.7 Å². The first kappa shape index (κ1) is 13.3. The minimum atomic E-state index is -0.630. The first-order valence-corrected chi connectivity index (χ1v) is 6.82. The highest BCUT2D eigenvalue weighted by Crippen LogP contribution is 2.28. The van der Waals surface area contributed by atoms with Gasteiger partial charge >= 0.3 is 0 Å². The SMILES string of the molecule is Cc1c(F)cccc1NCC1(O)CCCCCC1. The van der Waals surface area contributed by atoms with Crippen LogP contribution in [0.4, 0.5) is 10.1 Å². The van der Waals surface area contributed by atoms with Gasteiger partial charge in [-0.15, -0.1) is 0 Å². The predicted molar refractivity (Wildman–Crippen MR) is 72.3 cm³/mol. The van der Waals surface area contributed by atoms with Crippen LogP contribution in [0.5, 0.6) is 0 Å². The molecule has 1 aromatic rings. The minimum Gasteiger partial charge on any atom is -0.388 e. The molecule has 18 heavy (non-hydrogen) atoms. The Balaban J connectivity index is 1.99. The quantitative estimate of drug-likeness (QED) is 0.804. The van der Waals surface area contributed by atoms with Crippen LogP contribution in [0.1, 0.15) is 44.1 Å². The van der Waals surface area contributed by atoms with Gasteiger partial charge in [-0.05, 0) is 31.9 Å². The Bertz CT molecular complexity index is 397. The maximum absolute atomic E-state index is 13.4. The predicted octanol–water partition coefficient (Wildman–Crippen LogP) is 3.63. The van der Waals surface area contributed by atoms with Gasteiger partial charge in [0.2, 0.25) is 0 Å². The Kier molecular flexibility index (Phi) is 4.23. The van der Waals surface area contributed by atoms with Gasteiger partial charge in [0.1, 0.15) is 5.82 Å². The van der Waals surface area contributed by atoms with Crippen molar-refractivity contribution in [1.29, 1.82) is 0 Å². The Morgan fingerprint density at radius 2 is 1.89 bits per heavy atom. The minimum absolute atomic E-state index is 0.201. The van der Waals surface area contributed by atoms with E-state index in [1.165, 1.54) is 18.9 Å². The third-order valence-electron chi connectivity index (χ3n) is 3.91. The maximum atomic E-state index is 13.4. The van der Waals surface area contributed by atoms with E-state index in [-0.39, 0.29) is 5.82 Å². The van der Waals surface area contributed by atoms with E-state index < -0.39 is 5.60 Å². The maximum Gasteiger partial charge on any atom is 0.128 e. The molecule has 1 fully saturated rings. The summed E-state index contributed by atoms with van der Waals surface area (Å²) >= 11 is 0. The average Bonchev–Trinajstić information content (AvgIpc) is 2.57. The number of hydrogen-bond acceptors (Lipinski definition) is 2. The van der Waals surface area contributed by atoms with Gasteiger partial charge in [-0.3, -0.25) is 0 Å². The van der Waals surface area contributed by atoms with Crippen molar-refractivity contribution < 1.29 is 9.50 Å². The van der Waals surface area contributed by atoms with E-state index in [9.17, 15) is 9.50 Å². The summed E-state index contributed by atoms with van der Waals surface area (Å²) in [6, 6.07) is 5.02. The van der Waals surface area contributed by atoms with Crippen LogP contribution in [-0.2, 0) is 0 Å². The summed E-state index contributed by atoms with van der Waals surface area (Å²) in [5.74, 6) is -0.201. The number of halogens is 1. The Morgan fingerprint density at radius 1 is 1.22 bits per heavy atom. The summed E-state index contributed by atoms with van der Waals surface area (Å²) in [6.07, 6.45) is 6.27. The highest BCUT2D eigenvalue weighted by molar-refractivity contribution is 5.51. The summed E-state index contributed by atoms with van der Waals surface area (Å²) < 4.78 is 13.4. The van der Waals surface area contributed by atoms with Crippen molar-refractivity contribution in [2.45, 2.75) is 51.0 Å². The van der Waals surface area contributed by atoms with Crippen LogP contribution in [0.25, 0.3) is 0 Å². The average molecular weight is 251 g/mol. The molecule has 1 saturated carbocycles. The zero-order chi connectivity index (χ0) is 13.0. The summed E-state index contributed by atoms with van der Waals surface area (Å²) in [5.41, 5.74) is 0.775. The Morgan fingerprint density at radius 3 is 2.56 bits per heavy atom. The van der Waals surface area contributed by atoms with Gasteiger partial charge < -0.3 is 10.4 Å². The lowest BCUT2D eigenvalue weighted by molar-refractivity contribution is 0.0381. The molecule has 2 nitrogen and oxygen atoms in total. The molecule has 1 aliphatic rings.